The van der Waals surface area contributed by atoms with Crippen LogP contribution in [0.3, 0.4) is 0 Å². The Morgan fingerprint density at radius 1 is 1.12 bits per heavy atom. The highest BCUT2D eigenvalue weighted by Gasteiger charge is 2.07. The molecule has 0 bridgehead atoms. The van der Waals surface area contributed by atoms with Crippen LogP contribution in [0.25, 0.3) is 0 Å². The summed E-state index contributed by atoms with van der Waals surface area (Å²) in [5.41, 5.74) is 2.25. The molecule has 0 N–H and O–H groups in total. The minimum atomic E-state index is 0.0571. The standard InChI is InChI=1S/C14H13BrClN/c15-12-6-7-13(17-10-12)8-9-14(16)11-4-2-1-3-5-11/h1-7,10,14H,8-9H2. The third-order valence-electron chi connectivity index (χ3n) is 2.60. The Bertz CT molecular complexity index is 455. The second-order valence-electron chi connectivity index (χ2n) is 3.88. The van der Waals surface area contributed by atoms with Gasteiger partial charge in [0.2, 0.25) is 0 Å². The van der Waals surface area contributed by atoms with Crippen molar-refractivity contribution in [1.29, 1.82) is 0 Å². The summed E-state index contributed by atoms with van der Waals surface area (Å²) in [6.07, 6.45) is 3.62. The summed E-state index contributed by atoms with van der Waals surface area (Å²) in [7, 11) is 0. The summed E-state index contributed by atoms with van der Waals surface area (Å²) in [4.78, 5) is 4.34. The van der Waals surface area contributed by atoms with E-state index in [0.717, 1.165) is 23.0 Å². The average molecular weight is 311 g/mol. The van der Waals surface area contributed by atoms with Gasteiger partial charge in [-0.05, 0) is 46.5 Å². The van der Waals surface area contributed by atoms with Crippen LogP contribution in [-0.4, -0.2) is 4.98 Å². The van der Waals surface area contributed by atoms with E-state index >= 15 is 0 Å². The van der Waals surface area contributed by atoms with Gasteiger partial charge >= 0.3 is 0 Å². The Hall–Kier alpha value is -0.860. The lowest BCUT2D eigenvalue weighted by molar-refractivity contribution is 0.775. The van der Waals surface area contributed by atoms with E-state index in [9.17, 15) is 0 Å². The summed E-state index contributed by atoms with van der Waals surface area (Å²) < 4.78 is 1.01. The fraction of sp³-hybridized carbons (Fsp3) is 0.214. The van der Waals surface area contributed by atoms with E-state index in [2.05, 4.69) is 33.0 Å². The van der Waals surface area contributed by atoms with Gasteiger partial charge in [-0.3, -0.25) is 4.98 Å². The Kier molecular flexibility index (Phi) is 4.57. The van der Waals surface area contributed by atoms with Gasteiger partial charge in [0.05, 0.1) is 5.38 Å². The van der Waals surface area contributed by atoms with Crippen molar-refractivity contribution >= 4 is 27.5 Å². The quantitative estimate of drug-likeness (QED) is 0.742. The Labute approximate surface area is 115 Å². The SMILES string of the molecule is ClC(CCc1ccc(Br)cn1)c1ccccc1. The van der Waals surface area contributed by atoms with Crippen molar-refractivity contribution in [1.82, 2.24) is 4.98 Å². The maximum atomic E-state index is 6.35. The molecule has 1 unspecified atom stereocenters. The molecule has 0 radical (unpaired) electrons. The third-order valence-corrected chi connectivity index (χ3v) is 3.54. The molecule has 0 saturated carbocycles. The minimum absolute atomic E-state index is 0.0571. The van der Waals surface area contributed by atoms with Crippen LogP contribution in [-0.2, 0) is 6.42 Å². The van der Waals surface area contributed by atoms with E-state index in [1.165, 1.54) is 5.56 Å². The number of aromatic nitrogens is 1. The second kappa shape index (κ2) is 6.18. The molecule has 1 aromatic heterocycles. The van der Waals surface area contributed by atoms with E-state index in [0.29, 0.717) is 0 Å². The van der Waals surface area contributed by atoms with Crippen LogP contribution in [0.5, 0.6) is 0 Å². The van der Waals surface area contributed by atoms with Crippen LogP contribution in [0.1, 0.15) is 23.1 Å². The number of aryl methyl sites for hydroxylation is 1. The first kappa shape index (κ1) is 12.6. The van der Waals surface area contributed by atoms with Crippen molar-refractivity contribution < 1.29 is 0 Å². The molecule has 0 spiro atoms. The lowest BCUT2D eigenvalue weighted by Gasteiger charge is -2.09. The van der Waals surface area contributed by atoms with E-state index in [1.807, 2.05) is 36.5 Å². The number of hydrogen-bond donors (Lipinski definition) is 0. The van der Waals surface area contributed by atoms with Crippen molar-refractivity contribution in [3.63, 3.8) is 0 Å². The number of rotatable bonds is 4. The molecule has 3 heteroatoms. The average Bonchev–Trinajstić information content (AvgIpc) is 2.39. The molecule has 2 rings (SSSR count). The van der Waals surface area contributed by atoms with Crippen LogP contribution in [0.4, 0.5) is 0 Å². The van der Waals surface area contributed by atoms with E-state index in [1.54, 1.807) is 0 Å². The molecule has 1 atom stereocenters. The third kappa shape index (κ3) is 3.83. The maximum absolute atomic E-state index is 6.35. The Morgan fingerprint density at radius 3 is 2.53 bits per heavy atom. The van der Waals surface area contributed by atoms with Crippen LogP contribution >= 0.6 is 27.5 Å². The largest absolute Gasteiger partial charge is 0.260 e. The molecular formula is C14H13BrClN. The minimum Gasteiger partial charge on any atom is -0.260 e. The van der Waals surface area contributed by atoms with Crippen LogP contribution in [0, 0.1) is 0 Å². The first-order valence-corrected chi connectivity index (χ1v) is 6.78. The van der Waals surface area contributed by atoms with Gasteiger partial charge in [0, 0.05) is 16.4 Å². The first-order chi connectivity index (χ1) is 8.25. The zero-order valence-electron chi connectivity index (χ0n) is 9.31. The maximum Gasteiger partial charge on any atom is 0.0589 e. The van der Waals surface area contributed by atoms with Crippen molar-refractivity contribution in [2.24, 2.45) is 0 Å². The molecule has 0 aliphatic rings. The number of alkyl halides is 1. The normalized spacial score (nSPS) is 12.4. The van der Waals surface area contributed by atoms with Crippen LogP contribution in [0.15, 0.2) is 53.1 Å². The highest BCUT2D eigenvalue weighted by atomic mass is 79.9. The summed E-state index contributed by atoms with van der Waals surface area (Å²) in [6.45, 7) is 0. The van der Waals surface area contributed by atoms with Crippen molar-refractivity contribution in [2.75, 3.05) is 0 Å². The van der Waals surface area contributed by atoms with Gasteiger partial charge in [0.1, 0.15) is 0 Å². The Balaban J connectivity index is 1.92. The zero-order chi connectivity index (χ0) is 12.1. The highest BCUT2D eigenvalue weighted by molar-refractivity contribution is 9.10. The summed E-state index contributed by atoms with van der Waals surface area (Å²) in [5.74, 6) is 0. The van der Waals surface area contributed by atoms with Crippen molar-refractivity contribution in [2.45, 2.75) is 18.2 Å². The Morgan fingerprint density at radius 2 is 1.88 bits per heavy atom. The van der Waals surface area contributed by atoms with Crippen LogP contribution < -0.4 is 0 Å². The predicted octanol–water partition coefficient (Wildman–Crippen LogP) is 4.76. The zero-order valence-corrected chi connectivity index (χ0v) is 11.7. The van der Waals surface area contributed by atoms with E-state index in [-0.39, 0.29) is 5.38 Å². The number of halogens is 2. The molecule has 0 aliphatic carbocycles. The summed E-state index contributed by atoms with van der Waals surface area (Å²) in [6, 6.07) is 14.2. The monoisotopic (exact) mass is 309 g/mol. The lowest BCUT2D eigenvalue weighted by atomic mass is 10.1. The lowest BCUT2D eigenvalue weighted by Crippen LogP contribution is -1.95. The van der Waals surface area contributed by atoms with Gasteiger partial charge in [-0.15, -0.1) is 11.6 Å². The van der Waals surface area contributed by atoms with Crippen molar-refractivity contribution in [3.8, 4) is 0 Å². The molecule has 1 aromatic carbocycles. The highest BCUT2D eigenvalue weighted by Crippen LogP contribution is 2.25. The number of pyridine rings is 1. The molecule has 0 aliphatic heterocycles. The van der Waals surface area contributed by atoms with Gasteiger partial charge < -0.3 is 0 Å². The molecule has 17 heavy (non-hydrogen) atoms. The van der Waals surface area contributed by atoms with Gasteiger partial charge in [0.15, 0.2) is 0 Å². The fourth-order valence-electron chi connectivity index (χ4n) is 1.66. The van der Waals surface area contributed by atoms with E-state index in [4.69, 9.17) is 11.6 Å². The predicted molar refractivity (Wildman–Crippen MR) is 75.3 cm³/mol. The molecule has 2 aromatic rings. The summed E-state index contributed by atoms with van der Waals surface area (Å²) >= 11 is 9.72. The topological polar surface area (TPSA) is 12.9 Å². The van der Waals surface area contributed by atoms with Gasteiger partial charge in [-0.25, -0.2) is 0 Å². The molecular weight excluding hydrogens is 298 g/mol. The number of hydrogen-bond acceptors (Lipinski definition) is 1. The smallest absolute Gasteiger partial charge is 0.0589 e. The van der Waals surface area contributed by atoms with E-state index < -0.39 is 0 Å². The van der Waals surface area contributed by atoms with Crippen molar-refractivity contribution in [3.05, 3.63) is 64.4 Å². The summed E-state index contributed by atoms with van der Waals surface area (Å²) in [5, 5.41) is 0.0571. The molecule has 0 amide bonds. The molecule has 0 fully saturated rings. The first-order valence-electron chi connectivity index (χ1n) is 5.55. The van der Waals surface area contributed by atoms with Crippen LogP contribution in [0.2, 0.25) is 0 Å². The second-order valence-corrected chi connectivity index (χ2v) is 5.33. The van der Waals surface area contributed by atoms with Gasteiger partial charge in [-0.1, -0.05) is 30.3 Å². The molecule has 0 saturated heterocycles. The molecule has 88 valence electrons. The fourth-order valence-corrected chi connectivity index (χ4v) is 2.15. The van der Waals surface area contributed by atoms with Gasteiger partial charge in [0.25, 0.3) is 0 Å². The van der Waals surface area contributed by atoms with Gasteiger partial charge in [-0.2, -0.15) is 0 Å². The molecule has 1 heterocycles. The number of benzene rings is 1. The number of nitrogens with zero attached hydrogens (tertiary/aromatic N) is 1. The molecule has 1 nitrogen and oxygen atoms in total.